The number of hydrogen-bond acceptors (Lipinski definition) is 4. The molecular weight excluding hydrogens is 264 g/mol. The van der Waals surface area contributed by atoms with Gasteiger partial charge >= 0.3 is 0 Å². The number of rotatable bonds is 2. The molecule has 0 unspecified atom stereocenters. The molecule has 19 heavy (non-hydrogen) atoms. The summed E-state index contributed by atoms with van der Waals surface area (Å²) in [6.07, 6.45) is 0. The van der Waals surface area contributed by atoms with Gasteiger partial charge in [0.05, 0.1) is 4.90 Å². The summed E-state index contributed by atoms with van der Waals surface area (Å²) in [4.78, 5) is -0.212. The largest absolute Gasteiger partial charge is 0.504 e. The number of sulfone groups is 1. The van der Waals surface area contributed by atoms with Crippen molar-refractivity contribution in [3.8, 4) is 11.5 Å². The Morgan fingerprint density at radius 3 is 2.00 bits per heavy atom. The van der Waals surface area contributed by atoms with Crippen LogP contribution >= 0.6 is 0 Å². The quantitative estimate of drug-likeness (QED) is 0.828. The number of phenols is 2. The van der Waals surface area contributed by atoms with E-state index in [1.807, 2.05) is 6.92 Å². The SMILES string of the molecule is Cc1ccc(S(=O)(=O)c2ccc(C)c(O)c2O)cc1. The number of aryl methyl sites for hydroxylation is 2. The van der Waals surface area contributed by atoms with Crippen LogP contribution in [-0.4, -0.2) is 18.6 Å². The zero-order valence-corrected chi connectivity index (χ0v) is 11.4. The molecule has 0 heterocycles. The summed E-state index contributed by atoms with van der Waals surface area (Å²) in [5.74, 6) is -1.02. The van der Waals surface area contributed by atoms with Crippen molar-refractivity contribution in [2.24, 2.45) is 0 Å². The summed E-state index contributed by atoms with van der Waals surface area (Å²) in [7, 11) is -3.84. The van der Waals surface area contributed by atoms with E-state index in [-0.39, 0.29) is 9.79 Å². The summed E-state index contributed by atoms with van der Waals surface area (Å²) in [6.45, 7) is 3.43. The van der Waals surface area contributed by atoms with Gasteiger partial charge in [-0.2, -0.15) is 0 Å². The fourth-order valence-corrected chi connectivity index (χ4v) is 3.07. The summed E-state index contributed by atoms with van der Waals surface area (Å²) < 4.78 is 24.7. The van der Waals surface area contributed by atoms with Crippen LogP contribution in [-0.2, 0) is 9.84 Å². The average Bonchev–Trinajstić information content (AvgIpc) is 2.36. The highest BCUT2D eigenvalue weighted by Crippen LogP contribution is 2.37. The van der Waals surface area contributed by atoms with Gasteiger partial charge in [0.2, 0.25) is 9.84 Å². The molecule has 0 radical (unpaired) electrons. The third kappa shape index (κ3) is 2.29. The number of hydrogen-bond donors (Lipinski definition) is 2. The van der Waals surface area contributed by atoms with Crippen molar-refractivity contribution in [2.45, 2.75) is 23.6 Å². The van der Waals surface area contributed by atoms with E-state index < -0.39 is 21.3 Å². The van der Waals surface area contributed by atoms with Gasteiger partial charge in [-0.1, -0.05) is 23.8 Å². The van der Waals surface area contributed by atoms with E-state index in [1.165, 1.54) is 24.3 Å². The first-order valence-electron chi connectivity index (χ1n) is 5.67. The zero-order chi connectivity index (χ0) is 14.2. The van der Waals surface area contributed by atoms with Gasteiger partial charge in [-0.15, -0.1) is 0 Å². The summed E-state index contributed by atoms with van der Waals surface area (Å²) in [6, 6.07) is 9.05. The molecule has 0 aliphatic rings. The first-order valence-corrected chi connectivity index (χ1v) is 7.15. The van der Waals surface area contributed by atoms with Crippen LogP contribution < -0.4 is 0 Å². The lowest BCUT2D eigenvalue weighted by Gasteiger charge is -2.09. The van der Waals surface area contributed by atoms with Crippen molar-refractivity contribution < 1.29 is 18.6 Å². The summed E-state index contributed by atoms with van der Waals surface area (Å²) >= 11 is 0. The van der Waals surface area contributed by atoms with E-state index in [0.29, 0.717) is 5.56 Å². The van der Waals surface area contributed by atoms with Crippen LogP contribution in [0.15, 0.2) is 46.2 Å². The number of benzene rings is 2. The Morgan fingerprint density at radius 1 is 0.842 bits per heavy atom. The normalized spacial score (nSPS) is 11.5. The van der Waals surface area contributed by atoms with Crippen LogP contribution in [0.5, 0.6) is 11.5 Å². The van der Waals surface area contributed by atoms with E-state index >= 15 is 0 Å². The molecule has 0 saturated heterocycles. The van der Waals surface area contributed by atoms with Crippen molar-refractivity contribution in [3.05, 3.63) is 47.5 Å². The summed E-state index contributed by atoms with van der Waals surface area (Å²) in [5, 5.41) is 19.4. The Hall–Kier alpha value is -2.01. The summed E-state index contributed by atoms with van der Waals surface area (Å²) in [5.41, 5.74) is 1.36. The molecule has 0 aliphatic carbocycles. The van der Waals surface area contributed by atoms with Gasteiger partial charge in [-0.25, -0.2) is 8.42 Å². The Kier molecular flexibility index (Phi) is 3.24. The van der Waals surface area contributed by atoms with E-state index in [0.717, 1.165) is 5.56 Å². The molecule has 0 saturated carbocycles. The van der Waals surface area contributed by atoms with E-state index in [1.54, 1.807) is 19.1 Å². The first-order chi connectivity index (χ1) is 8.84. The van der Waals surface area contributed by atoms with Crippen LogP contribution in [0.3, 0.4) is 0 Å². The van der Waals surface area contributed by atoms with Crippen molar-refractivity contribution in [1.82, 2.24) is 0 Å². The average molecular weight is 278 g/mol. The molecule has 0 fully saturated rings. The fraction of sp³-hybridized carbons (Fsp3) is 0.143. The molecule has 2 aromatic rings. The molecule has 4 nitrogen and oxygen atoms in total. The van der Waals surface area contributed by atoms with Crippen molar-refractivity contribution in [1.29, 1.82) is 0 Å². The molecule has 0 aliphatic heterocycles. The number of phenolic OH excluding ortho intramolecular Hbond substituents is 2. The molecule has 0 amide bonds. The highest BCUT2D eigenvalue weighted by atomic mass is 32.2. The van der Waals surface area contributed by atoms with Gasteiger partial charge in [-0.05, 0) is 37.6 Å². The molecule has 2 N–H and O–H groups in total. The lowest BCUT2D eigenvalue weighted by Crippen LogP contribution is -2.02. The standard InChI is InChI=1S/C14H14O4S/c1-9-3-6-11(7-4-9)19(17,18)12-8-5-10(2)13(15)14(12)16/h3-8,15-16H,1-2H3. The molecule has 2 aromatic carbocycles. The topological polar surface area (TPSA) is 74.6 Å². The molecule has 0 atom stereocenters. The maximum absolute atomic E-state index is 12.4. The second-order valence-corrected chi connectivity index (χ2v) is 6.31. The lowest BCUT2D eigenvalue weighted by molar-refractivity contribution is 0.390. The van der Waals surface area contributed by atoms with E-state index in [9.17, 15) is 18.6 Å². The van der Waals surface area contributed by atoms with Gasteiger partial charge in [0.25, 0.3) is 0 Å². The molecule has 0 spiro atoms. The van der Waals surface area contributed by atoms with Gasteiger partial charge in [0.15, 0.2) is 11.5 Å². The molecule has 2 rings (SSSR count). The second-order valence-electron chi connectivity index (χ2n) is 4.39. The van der Waals surface area contributed by atoms with Crippen LogP contribution in [0.1, 0.15) is 11.1 Å². The fourth-order valence-electron chi connectivity index (χ4n) is 1.72. The van der Waals surface area contributed by atoms with E-state index in [2.05, 4.69) is 0 Å². The number of aromatic hydroxyl groups is 2. The van der Waals surface area contributed by atoms with Crippen LogP contribution in [0.4, 0.5) is 0 Å². The smallest absolute Gasteiger partial charge is 0.210 e. The van der Waals surface area contributed by atoms with Gasteiger partial charge < -0.3 is 10.2 Å². The third-order valence-electron chi connectivity index (χ3n) is 2.94. The zero-order valence-electron chi connectivity index (χ0n) is 10.6. The molecule has 5 heteroatoms. The maximum Gasteiger partial charge on any atom is 0.210 e. The third-order valence-corrected chi connectivity index (χ3v) is 4.74. The van der Waals surface area contributed by atoms with Crippen LogP contribution in [0.25, 0.3) is 0 Å². The first kappa shape index (κ1) is 13.4. The Bertz CT molecular complexity index is 716. The Morgan fingerprint density at radius 2 is 1.42 bits per heavy atom. The minimum atomic E-state index is -3.84. The van der Waals surface area contributed by atoms with Crippen molar-refractivity contribution in [3.63, 3.8) is 0 Å². The molecule has 0 bridgehead atoms. The van der Waals surface area contributed by atoms with Crippen molar-refractivity contribution in [2.75, 3.05) is 0 Å². The van der Waals surface area contributed by atoms with Gasteiger partial charge in [0, 0.05) is 0 Å². The minimum absolute atomic E-state index is 0.0802. The molecular formula is C14H14O4S. The van der Waals surface area contributed by atoms with Crippen LogP contribution in [0.2, 0.25) is 0 Å². The van der Waals surface area contributed by atoms with Gasteiger partial charge in [0.1, 0.15) is 4.90 Å². The molecule has 0 aromatic heterocycles. The monoisotopic (exact) mass is 278 g/mol. The molecule has 100 valence electrons. The van der Waals surface area contributed by atoms with Gasteiger partial charge in [-0.3, -0.25) is 0 Å². The van der Waals surface area contributed by atoms with E-state index in [4.69, 9.17) is 0 Å². The maximum atomic E-state index is 12.4. The predicted octanol–water partition coefficient (Wildman–Crippen LogP) is 2.55. The predicted molar refractivity (Wildman–Crippen MR) is 71.1 cm³/mol. The second kappa shape index (κ2) is 4.59. The minimum Gasteiger partial charge on any atom is -0.504 e. The van der Waals surface area contributed by atoms with Crippen LogP contribution in [0, 0.1) is 13.8 Å². The highest BCUT2D eigenvalue weighted by Gasteiger charge is 2.23. The Balaban J connectivity index is 2.64. The highest BCUT2D eigenvalue weighted by molar-refractivity contribution is 7.91. The van der Waals surface area contributed by atoms with Crippen molar-refractivity contribution >= 4 is 9.84 Å². The lowest BCUT2D eigenvalue weighted by atomic mass is 10.2. The Labute approximate surface area is 111 Å².